The molecule has 0 saturated carbocycles. The van der Waals surface area contributed by atoms with Crippen LogP contribution in [0, 0.1) is 0 Å². The number of nitrogens with zero attached hydrogens (tertiary/aromatic N) is 2. The monoisotopic (exact) mass is 302 g/mol. The van der Waals surface area contributed by atoms with Crippen molar-refractivity contribution in [3.05, 3.63) is 24.1 Å². The molecule has 0 aromatic carbocycles. The summed E-state index contributed by atoms with van der Waals surface area (Å²) in [5, 5.41) is 0. The smallest absolute Gasteiger partial charge is 0.270 e. The lowest BCUT2D eigenvalue weighted by atomic mass is 10.1. The van der Waals surface area contributed by atoms with Crippen LogP contribution in [0.2, 0.25) is 0 Å². The highest BCUT2D eigenvalue weighted by Crippen LogP contribution is 2.25. The van der Waals surface area contributed by atoms with Gasteiger partial charge in [-0.3, -0.25) is 4.79 Å². The van der Waals surface area contributed by atoms with Gasteiger partial charge in [-0.05, 0) is 32.1 Å². The topological polar surface area (TPSA) is 47.6 Å². The highest BCUT2D eigenvalue weighted by atomic mass is 16.5. The van der Waals surface area contributed by atoms with E-state index in [0.29, 0.717) is 0 Å². The molecule has 0 radical (unpaired) electrons. The first-order valence-electron chi connectivity index (χ1n) is 8.30. The van der Waals surface area contributed by atoms with Gasteiger partial charge in [-0.25, -0.2) is 0 Å². The number of likely N-dealkylation sites (tertiary alicyclic amines) is 1. The fourth-order valence-corrected chi connectivity index (χ4v) is 3.59. The van der Waals surface area contributed by atoms with Crippen molar-refractivity contribution in [3.63, 3.8) is 0 Å². The lowest BCUT2D eigenvalue weighted by molar-refractivity contribution is 0.00624. The van der Waals surface area contributed by atoms with E-state index in [1.807, 2.05) is 17.0 Å². The summed E-state index contributed by atoms with van der Waals surface area (Å²) in [5.41, 5.74) is 2.53. The van der Waals surface area contributed by atoms with Crippen LogP contribution in [0.1, 0.15) is 42.6 Å². The van der Waals surface area contributed by atoms with Crippen molar-refractivity contribution in [2.75, 3.05) is 19.7 Å². The predicted molar refractivity (Wildman–Crippen MR) is 82.9 cm³/mol. The van der Waals surface area contributed by atoms with Crippen molar-refractivity contribution in [1.82, 2.24) is 9.47 Å². The normalized spacial score (nSPS) is 22.5. The van der Waals surface area contributed by atoms with Gasteiger partial charge in [0.15, 0.2) is 5.58 Å². The van der Waals surface area contributed by atoms with Crippen molar-refractivity contribution in [3.8, 4) is 0 Å². The van der Waals surface area contributed by atoms with Crippen LogP contribution in [0.3, 0.4) is 0 Å². The average molecular weight is 302 g/mol. The highest BCUT2D eigenvalue weighted by Gasteiger charge is 2.26. The third kappa shape index (κ3) is 2.43. The number of hydrogen-bond donors (Lipinski definition) is 0. The maximum absolute atomic E-state index is 12.8. The number of aromatic nitrogens is 1. The van der Waals surface area contributed by atoms with Gasteiger partial charge in [0.2, 0.25) is 0 Å². The molecule has 2 aliphatic heterocycles. The van der Waals surface area contributed by atoms with Crippen LogP contribution in [0.4, 0.5) is 0 Å². The van der Waals surface area contributed by atoms with Gasteiger partial charge in [-0.1, -0.05) is 0 Å². The van der Waals surface area contributed by atoms with Gasteiger partial charge >= 0.3 is 0 Å². The fraction of sp³-hybridized carbons (Fsp3) is 0.588. The van der Waals surface area contributed by atoms with Gasteiger partial charge in [0.1, 0.15) is 5.69 Å². The quantitative estimate of drug-likeness (QED) is 0.875. The van der Waals surface area contributed by atoms with E-state index in [2.05, 4.69) is 4.57 Å². The maximum Gasteiger partial charge on any atom is 0.270 e. The number of rotatable bonds is 3. The van der Waals surface area contributed by atoms with Crippen molar-refractivity contribution in [2.45, 2.75) is 44.8 Å². The van der Waals surface area contributed by atoms with E-state index in [-0.39, 0.29) is 12.0 Å². The third-order valence-corrected chi connectivity index (χ3v) is 4.80. The molecule has 5 heteroatoms. The minimum absolute atomic E-state index is 0.125. The summed E-state index contributed by atoms with van der Waals surface area (Å²) in [6.45, 7) is 3.30. The van der Waals surface area contributed by atoms with Crippen LogP contribution in [0.5, 0.6) is 0 Å². The highest BCUT2D eigenvalue weighted by molar-refractivity contribution is 5.97. The molecule has 2 aromatic heterocycles. The van der Waals surface area contributed by atoms with Crippen molar-refractivity contribution < 1.29 is 13.9 Å². The van der Waals surface area contributed by atoms with Crippen LogP contribution in [0.25, 0.3) is 11.1 Å². The molecular weight excluding hydrogens is 280 g/mol. The summed E-state index contributed by atoms with van der Waals surface area (Å²) in [5.74, 6) is 0.125. The van der Waals surface area contributed by atoms with Crippen molar-refractivity contribution in [1.29, 1.82) is 0 Å². The Balaban J connectivity index is 1.65. The van der Waals surface area contributed by atoms with E-state index in [1.54, 1.807) is 6.26 Å². The molecule has 0 bridgehead atoms. The predicted octanol–water partition coefficient (Wildman–Crippen LogP) is 3.04. The van der Waals surface area contributed by atoms with Gasteiger partial charge in [0.25, 0.3) is 5.91 Å². The van der Waals surface area contributed by atoms with Crippen molar-refractivity contribution in [2.24, 2.45) is 0 Å². The molecule has 1 amide bonds. The molecule has 22 heavy (non-hydrogen) atoms. The molecule has 2 fully saturated rings. The number of hydrogen-bond acceptors (Lipinski definition) is 3. The van der Waals surface area contributed by atoms with E-state index in [0.717, 1.165) is 68.7 Å². The zero-order valence-corrected chi connectivity index (χ0v) is 12.8. The number of furan rings is 1. The van der Waals surface area contributed by atoms with E-state index >= 15 is 0 Å². The van der Waals surface area contributed by atoms with Crippen LogP contribution in [-0.4, -0.2) is 41.2 Å². The Morgan fingerprint density at radius 2 is 2.09 bits per heavy atom. The van der Waals surface area contributed by atoms with Gasteiger partial charge in [-0.2, -0.15) is 0 Å². The number of ether oxygens (including phenoxy) is 1. The molecule has 0 N–H and O–H groups in total. The van der Waals surface area contributed by atoms with E-state index in [9.17, 15) is 4.79 Å². The third-order valence-electron chi connectivity index (χ3n) is 4.80. The SMILES string of the molecule is O=C(c1cc2occc2n1CC1CCCCO1)N1CCCC1. The first kappa shape index (κ1) is 13.9. The molecule has 5 nitrogen and oxygen atoms in total. The molecule has 2 saturated heterocycles. The first-order valence-corrected chi connectivity index (χ1v) is 8.30. The second-order valence-electron chi connectivity index (χ2n) is 6.30. The Morgan fingerprint density at radius 3 is 2.86 bits per heavy atom. The molecular formula is C17H22N2O3. The zero-order chi connectivity index (χ0) is 14.9. The summed E-state index contributed by atoms with van der Waals surface area (Å²) >= 11 is 0. The van der Waals surface area contributed by atoms with Crippen LogP contribution >= 0.6 is 0 Å². The number of carbonyl (C=O) groups excluding carboxylic acids is 1. The number of carbonyl (C=O) groups is 1. The van der Waals surface area contributed by atoms with Crippen LogP contribution in [-0.2, 0) is 11.3 Å². The standard InChI is InChI=1S/C17H22N2O3/c20-17(18-7-2-3-8-18)15-11-16-14(6-10-22-16)19(15)12-13-5-1-4-9-21-13/h6,10-11,13H,1-5,7-9,12H2. The average Bonchev–Trinajstić information content (AvgIpc) is 3.26. The lowest BCUT2D eigenvalue weighted by Gasteiger charge is -2.25. The second kappa shape index (κ2) is 5.80. The molecule has 1 atom stereocenters. The Morgan fingerprint density at radius 1 is 1.23 bits per heavy atom. The summed E-state index contributed by atoms with van der Waals surface area (Å²) in [6.07, 6.45) is 7.51. The molecule has 0 spiro atoms. The summed E-state index contributed by atoms with van der Waals surface area (Å²) in [6, 6.07) is 3.83. The summed E-state index contributed by atoms with van der Waals surface area (Å²) in [7, 11) is 0. The lowest BCUT2D eigenvalue weighted by Crippen LogP contribution is -2.31. The van der Waals surface area contributed by atoms with E-state index in [4.69, 9.17) is 9.15 Å². The Labute approximate surface area is 129 Å². The minimum atomic E-state index is 0.125. The molecule has 4 heterocycles. The molecule has 4 rings (SSSR count). The first-order chi connectivity index (χ1) is 10.8. The van der Waals surface area contributed by atoms with Gasteiger partial charge in [0.05, 0.1) is 17.9 Å². The molecule has 118 valence electrons. The Bertz CT molecular complexity index is 661. The van der Waals surface area contributed by atoms with Gasteiger partial charge in [0, 0.05) is 38.4 Å². The van der Waals surface area contributed by atoms with Crippen LogP contribution in [0.15, 0.2) is 22.8 Å². The molecule has 0 aliphatic carbocycles. The van der Waals surface area contributed by atoms with Crippen LogP contribution < -0.4 is 0 Å². The van der Waals surface area contributed by atoms with E-state index in [1.165, 1.54) is 6.42 Å². The molecule has 2 aromatic rings. The second-order valence-corrected chi connectivity index (χ2v) is 6.30. The molecule has 2 aliphatic rings. The summed E-state index contributed by atoms with van der Waals surface area (Å²) in [4.78, 5) is 14.8. The number of fused-ring (bicyclic) bond motifs is 1. The number of amides is 1. The largest absolute Gasteiger partial charge is 0.463 e. The Kier molecular flexibility index (Phi) is 3.66. The molecule has 1 unspecified atom stereocenters. The summed E-state index contributed by atoms with van der Waals surface area (Å²) < 4.78 is 13.5. The van der Waals surface area contributed by atoms with Crippen molar-refractivity contribution >= 4 is 17.0 Å². The van der Waals surface area contributed by atoms with E-state index < -0.39 is 0 Å². The zero-order valence-electron chi connectivity index (χ0n) is 12.8. The Hall–Kier alpha value is -1.75. The minimum Gasteiger partial charge on any atom is -0.463 e. The fourth-order valence-electron chi connectivity index (χ4n) is 3.59. The maximum atomic E-state index is 12.8. The van der Waals surface area contributed by atoms with Gasteiger partial charge in [-0.15, -0.1) is 0 Å². The van der Waals surface area contributed by atoms with Gasteiger partial charge < -0.3 is 18.6 Å².